The fourth-order valence-electron chi connectivity index (χ4n) is 10.8. The van der Waals surface area contributed by atoms with Gasteiger partial charge < -0.3 is 19.0 Å². The van der Waals surface area contributed by atoms with Gasteiger partial charge in [0.05, 0.1) is 17.1 Å². The summed E-state index contributed by atoms with van der Waals surface area (Å²) >= 11 is 0. The summed E-state index contributed by atoms with van der Waals surface area (Å²) in [6.07, 6.45) is 18.3. The van der Waals surface area contributed by atoms with Gasteiger partial charge in [0.15, 0.2) is 11.5 Å². The molecule has 4 nitrogen and oxygen atoms in total. The van der Waals surface area contributed by atoms with Crippen LogP contribution in [0.15, 0.2) is 210 Å². The molecule has 0 fully saturated rings. The first-order chi connectivity index (χ1) is 32.5. The highest BCUT2D eigenvalue weighted by molar-refractivity contribution is 5.98. The third-order valence-corrected chi connectivity index (χ3v) is 14.1. The molecule has 13 rings (SSSR count). The highest BCUT2D eigenvalue weighted by Gasteiger charge is 2.37. The Morgan fingerprint density at radius 3 is 2.24 bits per heavy atom. The van der Waals surface area contributed by atoms with Crippen molar-refractivity contribution < 1.29 is 9.15 Å². The SMILES string of the molecule is CC1(C)c2cc(-c3ccc4oc5c(c4c3)C=CCC5)ccc2-c2ccc(N3c4ccccc4Oc4cc(-c5ccc(N(C6=CCC=CC=C6)c6cccc7ccccc67)cc5)ccc43)cc21. The molecular formula is C62H46N2O2. The summed E-state index contributed by atoms with van der Waals surface area (Å²) in [5, 5.41) is 3.63. The monoisotopic (exact) mass is 850 g/mol. The number of ether oxygens (including phenoxy) is 1. The van der Waals surface area contributed by atoms with E-state index in [0.29, 0.717) is 0 Å². The number of hydrogen-bond donors (Lipinski definition) is 0. The van der Waals surface area contributed by atoms with Gasteiger partial charge in [-0.05, 0) is 142 Å². The van der Waals surface area contributed by atoms with Crippen LogP contribution in [0.3, 0.4) is 0 Å². The average Bonchev–Trinajstić information content (AvgIpc) is 3.68. The molecule has 9 aromatic rings. The number of furan rings is 1. The van der Waals surface area contributed by atoms with Gasteiger partial charge >= 0.3 is 0 Å². The minimum absolute atomic E-state index is 0.216. The van der Waals surface area contributed by atoms with Gasteiger partial charge in [0, 0.05) is 45.2 Å². The van der Waals surface area contributed by atoms with Crippen molar-refractivity contribution in [1.29, 1.82) is 0 Å². The van der Waals surface area contributed by atoms with Crippen molar-refractivity contribution in [3.63, 3.8) is 0 Å². The van der Waals surface area contributed by atoms with E-state index < -0.39 is 0 Å². The van der Waals surface area contributed by atoms with Crippen molar-refractivity contribution in [2.75, 3.05) is 9.80 Å². The quantitative estimate of drug-likeness (QED) is 0.167. The van der Waals surface area contributed by atoms with Crippen LogP contribution in [0.1, 0.15) is 49.1 Å². The lowest BCUT2D eigenvalue weighted by Gasteiger charge is -2.34. The normalized spacial score (nSPS) is 15.1. The first kappa shape index (κ1) is 38.4. The van der Waals surface area contributed by atoms with E-state index in [1.807, 2.05) is 0 Å². The second-order valence-electron chi connectivity index (χ2n) is 18.3. The van der Waals surface area contributed by atoms with Crippen molar-refractivity contribution in [1.82, 2.24) is 0 Å². The Bertz CT molecular complexity index is 3570. The number of aryl methyl sites for hydroxylation is 1. The number of nitrogens with zero attached hydrogens (tertiary/aromatic N) is 2. The highest BCUT2D eigenvalue weighted by Crippen LogP contribution is 2.55. The third kappa shape index (κ3) is 6.13. The molecule has 66 heavy (non-hydrogen) atoms. The number of fused-ring (bicyclic) bond motifs is 9. The average molecular weight is 851 g/mol. The Kier molecular flexibility index (Phi) is 8.73. The molecule has 0 atom stereocenters. The van der Waals surface area contributed by atoms with Crippen LogP contribution in [0.4, 0.5) is 28.4 Å². The summed E-state index contributed by atoms with van der Waals surface area (Å²) in [7, 11) is 0. The van der Waals surface area contributed by atoms with Gasteiger partial charge in [-0.3, -0.25) is 0 Å². The lowest BCUT2D eigenvalue weighted by molar-refractivity contribution is 0.477. The first-order valence-electron chi connectivity index (χ1n) is 23.1. The van der Waals surface area contributed by atoms with Crippen molar-refractivity contribution in [2.24, 2.45) is 0 Å². The van der Waals surface area contributed by atoms with Crippen molar-refractivity contribution >= 4 is 56.3 Å². The van der Waals surface area contributed by atoms with Gasteiger partial charge in [0.1, 0.15) is 11.3 Å². The highest BCUT2D eigenvalue weighted by atomic mass is 16.5. The predicted octanol–water partition coefficient (Wildman–Crippen LogP) is 17.3. The van der Waals surface area contributed by atoms with Crippen molar-refractivity contribution in [2.45, 2.75) is 38.5 Å². The van der Waals surface area contributed by atoms with Crippen LogP contribution >= 0.6 is 0 Å². The minimum atomic E-state index is -0.216. The molecule has 1 aliphatic heterocycles. The van der Waals surface area contributed by atoms with Crippen LogP contribution in [0, 0.1) is 0 Å². The lowest BCUT2D eigenvalue weighted by atomic mass is 9.81. The van der Waals surface area contributed by atoms with Gasteiger partial charge in [-0.25, -0.2) is 0 Å². The topological polar surface area (TPSA) is 28.9 Å². The maximum absolute atomic E-state index is 6.75. The summed E-state index contributed by atoms with van der Waals surface area (Å²) in [5.41, 5.74) is 18.4. The van der Waals surface area contributed by atoms with Gasteiger partial charge in [-0.2, -0.15) is 0 Å². The summed E-state index contributed by atoms with van der Waals surface area (Å²) in [4.78, 5) is 4.74. The standard InChI is InChI=1S/C62H46N2O2/c1-62(2)53-37-43(42-28-35-59-52(36-42)51-19-9-11-22-58(51)65-59)26-32-49(53)50-33-31-47(39-54(50)62)64-56-20-10-12-23-60(56)66-61-38-44(27-34-57(61)64)40-24-29-46(30-25-40)63(45-16-5-3-4-6-17-45)55-21-13-15-41-14-7-8-18-48(41)55/h3-5,7-10,12-21,23-39H,6,11,22H2,1-2H3. The molecule has 0 saturated carbocycles. The van der Waals surface area contributed by atoms with E-state index in [0.717, 1.165) is 87.4 Å². The lowest BCUT2D eigenvalue weighted by Crippen LogP contribution is -2.18. The van der Waals surface area contributed by atoms with Crippen LogP contribution in [-0.2, 0) is 11.8 Å². The van der Waals surface area contributed by atoms with E-state index >= 15 is 0 Å². The molecule has 0 N–H and O–H groups in total. The Morgan fingerprint density at radius 1 is 0.576 bits per heavy atom. The molecular weight excluding hydrogens is 805 g/mol. The van der Waals surface area contributed by atoms with E-state index in [4.69, 9.17) is 9.15 Å². The number of rotatable bonds is 6. The number of allylic oxidation sites excluding steroid dienone is 6. The Morgan fingerprint density at radius 2 is 1.32 bits per heavy atom. The summed E-state index contributed by atoms with van der Waals surface area (Å²) in [5.74, 6) is 2.76. The molecule has 0 spiro atoms. The van der Waals surface area contributed by atoms with Crippen molar-refractivity contribution in [3.8, 4) is 44.9 Å². The van der Waals surface area contributed by atoms with Gasteiger partial charge in [-0.15, -0.1) is 0 Å². The van der Waals surface area contributed by atoms with E-state index in [-0.39, 0.29) is 5.41 Å². The molecule has 1 aromatic heterocycles. The summed E-state index contributed by atoms with van der Waals surface area (Å²) < 4.78 is 13.0. The van der Waals surface area contributed by atoms with E-state index in [1.165, 1.54) is 55.1 Å². The van der Waals surface area contributed by atoms with Gasteiger partial charge in [-0.1, -0.05) is 141 Å². The maximum Gasteiger partial charge on any atom is 0.152 e. The zero-order valence-electron chi connectivity index (χ0n) is 37.0. The zero-order valence-corrected chi connectivity index (χ0v) is 37.0. The van der Waals surface area contributed by atoms with E-state index in [2.05, 4.69) is 230 Å². The second-order valence-corrected chi connectivity index (χ2v) is 18.3. The minimum Gasteiger partial charge on any atom is -0.460 e. The van der Waals surface area contributed by atoms with E-state index in [9.17, 15) is 0 Å². The molecule has 0 saturated heterocycles. The smallest absolute Gasteiger partial charge is 0.152 e. The number of para-hydroxylation sites is 2. The molecule has 0 amide bonds. The molecule has 0 bridgehead atoms. The Hall–Kier alpha value is -8.08. The number of hydrogen-bond acceptors (Lipinski definition) is 4. The summed E-state index contributed by atoms with van der Waals surface area (Å²) in [6, 6.07) is 59.8. The molecule has 8 aromatic carbocycles. The van der Waals surface area contributed by atoms with Crippen LogP contribution in [0.25, 0.3) is 61.2 Å². The van der Waals surface area contributed by atoms with Crippen LogP contribution in [-0.4, -0.2) is 0 Å². The summed E-state index contributed by atoms with van der Waals surface area (Å²) in [6.45, 7) is 4.74. The van der Waals surface area contributed by atoms with Crippen LogP contribution in [0.5, 0.6) is 11.5 Å². The fourth-order valence-corrected chi connectivity index (χ4v) is 10.8. The zero-order chi connectivity index (χ0) is 43.9. The third-order valence-electron chi connectivity index (χ3n) is 14.1. The Labute approximate surface area is 385 Å². The van der Waals surface area contributed by atoms with Crippen molar-refractivity contribution in [3.05, 3.63) is 228 Å². The predicted molar refractivity (Wildman–Crippen MR) is 274 cm³/mol. The van der Waals surface area contributed by atoms with Gasteiger partial charge in [0.2, 0.25) is 0 Å². The van der Waals surface area contributed by atoms with Crippen LogP contribution < -0.4 is 14.5 Å². The second kappa shape index (κ2) is 15.0. The molecule has 4 heteroatoms. The fraction of sp³-hybridized carbons (Fsp3) is 0.0968. The van der Waals surface area contributed by atoms with Gasteiger partial charge in [0.25, 0.3) is 0 Å². The largest absolute Gasteiger partial charge is 0.460 e. The molecule has 2 heterocycles. The first-order valence-corrected chi connectivity index (χ1v) is 23.1. The van der Waals surface area contributed by atoms with E-state index in [1.54, 1.807) is 0 Å². The molecule has 0 radical (unpaired) electrons. The number of benzene rings is 8. The molecule has 3 aliphatic carbocycles. The maximum atomic E-state index is 6.75. The number of anilines is 5. The molecule has 0 unspecified atom stereocenters. The molecule has 316 valence electrons. The molecule has 4 aliphatic rings. The Balaban J connectivity index is 0.841. The van der Waals surface area contributed by atoms with Crippen LogP contribution in [0.2, 0.25) is 0 Å².